The molecule has 2 N–H and O–H groups in total. The summed E-state index contributed by atoms with van der Waals surface area (Å²) in [5.74, 6) is -0.102. The normalized spacial score (nSPS) is 17.1. The fourth-order valence-electron chi connectivity index (χ4n) is 2.76. The molecule has 0 aliphatic carbocycles. The van der Waals surface area contributed by atoms with Crippen molar-refractivity contribution in [3.05, 3.63) is 48.3 Å². The van der Waals surface area contributed by atoms with Crippen molar-refractivity contribution in [2.24, 2.45) is 5.41 Å². The van der Waals surface area contributed by atoms with Gasteiger partial charge in [0.05, 0.1) is 5.69 Å². The van der Waals surface area contributed by atoms with Gasteiger partial charge in [0.15, 0.2) is 5.69 Å². The smallest absolute Gasteiger partial charge is 0.271 e. The minimum Gasteiger partial charge on any atom is -0.350 e. The van der Waals surface area contributed by atoms with Crippen LogP contribution in [0.3, 0.4) is 0 Å². The number of rotatable bonds is 4. The van der Waals surface area contributed by atoms with Gasteiger partial charge in [0.25, 0.3) is 5.91 Å². The predicted octanol–water partition coefficient (Wildman–Crippen LogP) is 1.99. The monoisotopic (exact) mass is 298 g/mol. The van der Waals surface area contributed by atoms with E-state index >= 15 is 0 Å². The van der Waals surface area contributed by atoms with Gasteiger partial charge in [-0.05, 0) is 49.5 Å². The van der Waals surface area contributed by atoms with Crippen molar-refractivity contribution >= 4 is 5.91 Å². The third-order valence-corrected chi connectivity index (χ3v) is 4.33. The molecule has 116 valence electrons. The van der Waals surface area contributed by atoms with Crippen LogP contribution in [-0.2, 0) is 0 Å². The zero-order valence-electron chi connectivity index (χ0n) is 12.9. The molecule has 0 spiro atoms. The molecule has 1 aliphatic rings. The van der Waals surface area contributed by atoms with Crippen molar-refractivity contribution in [3.8, 4) is 5.69 Å². The molecule has 22 heavy (non-hydrogen) atoms. The van der Waals surface area contributed by atoms with Crippen molar-refractivity contribution < 1.29 is 4.79 Å². The van der Waals surface area contributed by atoms with Crippen molar-refractivity contribution in [2.75, 3.05) is 19.6 Å². The Balaban J connectivity index is 1.62. The SMILES string of the molecule is CC1(CNC(=O)c2ccn(-c3ccccc3)n2)CCNCC1. The summed E-state index contributed by atoms with van der Waals surface area (Å²) in [6.45, 7) is 4.98. The Morgan fingerprint density at radius 3 is 2.73 bits per heavy atom. The maximum Gasteiger partial charge on any atom is 0.271 e. The number of amides is 1. The van der Waals surface area contributed by atoms with Crippen molar-refractivity contribution in [1.82, 2.24) is 20.4 Å². The molecule has 1 amide bonds. The maximum atomic E-state index is 12.3. The molecule has 2 heterocycles. The molecular formula is C17H22N4O. The summed E-state index contributed by atoms with van der Waals surface area (Å²) in [6, 6.07) is 11.5. The minimum absolute atomic E-state index is 0.102. The second kappa shape index (κ2) is 6.32. The van der Waals surface area contributed by atoms with Gasteiger partial charge < -0.3 is 10.6 Å². The first-order valence-electron chi connectivity index (χ1n) is 7.76. The minimum atomic E-state index is -0.102. The van der Waals surface area contributed by atoms with Crippen LogP contribution in [-0.4, -0.2) is 35.3 Å². The third-order valence-electron chi connectivity index (χ3n) is 4.33. The summed E-state index contributed by atoms with van der Waals surface area (Å²) in [5.41, 5.74) is 1.59. The summed E-state index contributed by atoms with van der Waals surface area (Å²) < 4.78 is 1.72. The van der Waals surface area contributed by atoms with Crippen LogP contribution in [0.5, 0.6) is 0 Å². The Bertz CT molecular complexity index is 629. The van der Waals surface area contributed by atoms with Crippen LogP contribution < -0.4 is 10.6 Å². The highest BCUT2D eigenvalue weighted by Crippen LogP contribution is 2.26. The molecule has 1 fully saturated rings. The molecule has 0 radical (unpaired) electrons. The number of carbonyl (C=O) groups is 1. The molecule has 5 nitrogen and oxygen atoms in total. The summed E-state index contributed by atoms with van der Waals surface area (Å²) in [7, 11) is 0. The standard InChI is InChI=1S/C17H22N4O/c1-17(8-10-18-11-9-17)13-19-16(22)15-7-12-21(20-15)14-5-3-2-4-6-14/h2-7,12,18H,8-11,13H2,1H3,(H,19,22). The topological polar surface area (TPSA) is 59.0 Å². The average Bonchev–Trinajstić information content (AvgIpc) is 3.04. The highest BCUT2D eigenvalue weighted by Gasteiger charge is 2.27. The first kappa shape index (κ1) is 14.8. The largest absolute Gasteiger partial charge is 0.350 e. The summed E-state index contributed by atoms with van der Waals surface area (Å²) in [5, 5.41) is 10.7. The summed E-state index contributed by atoms with van der Waals surface area (Å²) >= 11 is 0. The number of piperidine rings is 1. The maximum absolute atomic E-state index is 12.3. The molecule has 1 aromatic carbocycles. The van der Waals surface area contributed by atoms with Gasteiger partial charge in [0.1, 0.15) is 0 Å². The summed E-state index contributed by atoms with van der Waals surface area (Å²) in [4.78, 5) is 12.3. The molecule has 1 saturated heterocycles. The van der Waals surface area contributed by atoms with Crippen LogP contribution in [0, 0.1) is 5.41 Å². The molecular weight excluding hydrogens is 276 g/mol. The van der Waals surface area contributed by atoms with Crippen LogP contribution in [0.25, 0.3) is 5.69 Å². The number of para-hydroxylation sites is 1. The molecule has 0 bridgehead atoms. The number of hydrogen-bond donors (Lipinski definition) is 2. The quantitative estimate of drug-likeness (QED) is 0.907. The van der Waals surface area contributed by atoms with Crippen LogP contribution in [0.1, 0.15) is 30.3 Å². The van der Waals surface area contributed by atoms with Crippen LogP contribution in [0.15, 0.2) is 42.6 Å². The molecule has 0 unspecified atom stereocenters. The van der Waals surface area contributed by atoms with Crippen LogP contribution in [0.4, 0.5) is 0 Å². The lowest BCUT2D eigenvalue weighted by atomic mass is 9.81. The number of aromatic nitrogens is 2. The predicted molar refractivity (Wildman–Crippen MR) is 86.1 cm³/mol. The number of benzene rings is 1. The summed E-state index contributed by atoms with van der Waals surface area (Å²) in [6.07, 6.45) is 3.99. The van der Waals surface area contributed by atoms with Gasteiger partial charge in [-0.1, -0.05) is 25.1 Å². The fraction of sp³-hybridized carbons (Fsp3) is 0.412. The van der Waals surface area contributed by atoms with E-state index in [2.05, 4.69) is 22.7 Å². The van der Waals surface area contributed by atoms with Gasteiger partial charge in [-0.15, -0.1) is 0 Å². The van der Waals surface area contributed by atoms with E-state index < -0.39 is 0 Å². The molecule has 1 aromatic heterocycles. The van der Waals surface area contributed by atoms with Gasteiger partial charge in [-0.2, -0.15) is 5.10 Å². The van der Waals surface area contributed by atoms with E-state index in [1.54, 1.807) is 10.7 Å². The van der Waals surface area contributed by atoms with E-state index in [0.29, 0.717) is 12.2 Å². The van der Waals surface area contributed by atoms with Gasteiger partial charge in [-0.3, -0.25) is 4.79 Å². The number of hydrogen-bond acceptors (Lipinski definition) is 3. The molecule has 0 saturated carbocycles. The Morgan fingerprint density at radius 1 is 1.27 bits per heavy atom. The zero-order valence-corrected chi connectivity index (χ0v) is 12.9. The Hall–Kier alpha value is -2.14. The zero-order chi connectivity index (χ0) is 15.4. The third kappa shape index (κ3) is 3.36. The molecule has 5 heteroatoms. The van der Waals surface area contributed by atoms with E-state index in [9.17, 15) is 4.79 Å². The van der Waals surface area contributed by atoms with Crippen LogP contribution >= 0.6 is 0 Å². The van der Waals surface area contributed by atoms with Crippen molar-refractivity contribution in [2.45, 2.75) is 19.8 Å². The van der Waals surface area contributed by atoms with E-state index in [0.717, 1.165) is 31.6 Å². The first-order chi connectivity index (χ1) is 10.7. The highest BCUT2D eigenvalue weighted by molar-refractivity contribution is 5.92. The van der Waals surface area contributed by atoms with Crippen molar-refractivity contribution in [1.29, 1.82) is 0 Å². The molecule has 0 atom stereocenters. The second-order valence-electron chi connectivity index (χ2n) is 6.22. The molecule has 3 rings (SSSR count). The highest BCUT2D eigenvalue weighted by atomic mass is 16.1. The lowest BCUT2D eigenvalue weighted by Gasteiger charge is -2.34. The number of nitrogens with one attached hydrogen (secondary N) is 2. The van der Waals surface area contributed by atoms with Gasteiger partial charge in [0, 0.05) is 12.7 Å². The van der Waals surface area contributed by atoms with Gasteiger partial charge >= 0.3 is 0 Å². The van der Waals surface area contributed by atoms with Gasteiger partial charge in [0.2, 0.25) is 0 Å². The van der Waals surface area contributed by atoms with Crippen molar-refractivity contribution in [3.63, 3.8) is 0 Å². The van der Waals surface area contributed by atoms with Gasteiger partial charge in [-0.25, -0.2) is 4.68 Å². The van der Waals surface area contributed by atoms with Crippen LogP contribution in [0.2, 0.25) is 0 Å². The number of nitrogens with zero attached hydrogens (tertiary/aromatic N) is 2. The Kier molecular flexibility index (Phi) is 4.24. The van der Waals surface area contributed by atoms with E-state index in [1.807, 2.05) is 36.5 Å². The molecule has 2 aromatic rings. The lowest BCUT2D eigenvalue weighted by molar-refractivity contribution is 0.0917. The van der Waals surface area contributed by atoms with E-state index in [1.165, 1.54) is 0 Å². The molecule has 1 aliphatic heterocycles. The second-order valence-corrected chi connectivity index (χ2v) is 6.22. The van der Waals surface area contributed by atoms with E-state index in [-0.39, 0.29) is 11.3 Å². The Morgan fingerprint density at radius 2 is 2.00 bits per heavy atom. The first-order valence-corrected chi connectivity index (χ1v) is 7.76. The Labute approximate surface area is 130 Å². The number of carbonyl (C=O) groups excluding carboxylic acids is 1. The average molecular weight is 298 g/mol. The fourth-order valence-corrected chi connectivity index (χ4v) is 2.76. The lowest BCUT2D eigenvalue weighted by Crippen LogP contribution is -2.43. The van der Waals surface area contributed by atoms with E-state index in [4.69, 9.17) is 0 Å².